The predicted octanol–water partition coefficient (Wildman–Crippen LogP) is 3.25. The van der Waals surface area contributed by atoms with Crippen LogP contribution in [0.25, 0.3) is 11.4 Å². The predicted molar refractivity (Wildman–Crippen MR) is 102 cm³/mol. The number of H-pyrrole nitrogens is 1. The first kappa shape index (κ1) is 18.8. The van der Waals surface area contributed by atoms with Crippen LogP contribution in [0.1, 0.15) is 5.56 Å². The fourth-order valence-corrected chi connectivity index (χ4v) is 2.78. The van der Waals surface area contributed by atoms with Crippen molar-refractivity contribution in [2.75, 3.05) is 13.2 Å². The summed E-state index contributed by atoms with van der Waals surface area (Å²) in [6.45, 7) is 2.55. The molecule has 27 heavy (non-hydrogen) atoms. The standard InChI is InChI=1S/C19H19FN4O2S/c1-13-4-2-5-14(10-13)18-22-23-19(27)24(18)12-17(25)21-8-9-26-16-7-3-6-15(20)11-16/h2-7,10-11H,8-9,12H2,1H3,(H,21,25)(H,23,27). The molecule has 3 rings (SSSR count). The van der Waals surface area contributed by atoms with Crippen LogP contribution < -0.4 is 10.1 Å². The summed E-state index contributed by atoms with van der Waals surface area (Å²) in [5.41, 5.74) is 1.97. The maximum Gasteiger partial charge on any atom is 0.240 e. The minimum absolute atomic E-state index is 0.0403. The highest BCUT2D eigenvalue weighted by Crippen LogP contribution is 2.18. The zero-order chi connectivity index (χ0) is 19.2. The molecule has 0 spiro atoms. The van der Waals surface area contributed by atoms with E-state index in [0.29, 0.717) is 22.9 Å². The van der Waals surface area contributed by atoms with Gasteiger partial charge in [0.1, 0.15) is 24.7 Å². The summed E-state index contributed by atoms with van der Waals surface area (Å²) >= 11 is 5.24. The van der Waals surface area contributed by atoms with E-state index < -0.39 is 0 Å². The van der Waals surface area contributed by atoms with Gasteiger partial charge in [-0.2, -0.15) is 5.10 Å². The number of nitrogens with one attached hydrogen (secondary N) is 2. The summed E-state index contributed by atoms with van der Waals surface area (Å²) in [4.78, 5) is 12.2. The molecule has 140 valence electrons. The SMILES string of the molecule is Cc1cccc(-c2n[nH]c(=S)n2CC(=O)NCCOc2cccc(F)c2)c1. The second-order valence-corrected chi connectivity index (χ2v) is 6.35. The molecule has 0 aliphatic rings. The Bertz CT molecular complexity index is 999. The molecule has 0 radical (unpaired) electrons. The molecular weight excluding hydrogens is 367 g/mol. The Morgan fingerprint density at radius 3 is 2.89 bits per heavy atom. The Kier molecular flexibility index (Phi) is 5.97. The van der Waals surface area contributed by atoms with Crippen LogP contribution >= 0.6 is 12.2 Å². The molecule has 0 atom stereocenters. The van der Waals surface area contributed by atoms with Crippen LogP contribution in [-0.4, -0.2) is 33.8 Å². The van der Waals surface area contributed by atoms with Crippen LogP contribution in [0, 0.1) is 17.5 Å². The van der Waals surface area contributed by atoms with Crippen molar-refractivity contribution in [2.24, 2.45) is 0 Å². The molecule has 0 aliphatic carbocycles. The number of carbonyl (C=O) groups is 1. The van der Waals surface area contributed by atoms with Gasteiger partial charge in [0.2, 0.25) is 5.91 Å². The van der Waals surface area contributed by atoms with Gasteiger partial charge in [0, 0.05) is 11.6 Å². The molecule has 1 aromatic heterocycles. The molecule has 8 heteroatoms. The topological polar surface area (TPSA) is 71.9 Å². The number of halogens is 1. The normalized spacial score (nSPS) is 10.6. The highest BCUT2D eigenvalue weighted by Gasteiger charge is 2.12. The number of rotatable bonds is 7. The third-order valence-electron chi connectivity index (χ3n) is 3.83. The Morgan fingerprint density at radius 1 is 1.30 bits per heavy atom. The Morgan fingerprint density at radius 2 is 2.11 bits per heavy atom. The fraction of sp³-hybridized carbons (Fsp3) is 0.211. The number of aromatic amines is 1. The summed E-state index contributed by atoms with van der Waals surface area (Å²) in [6.07, 6.45) is 0. The third-order valence-corrected chi connectivity index (χ3v) is 4.14. The van der Waals surface area contributed by atoms with Gasteiger partial charge in [0.25, 0.3) is 0 Å². The summed E-state index contributed by atoms with van der Waals surface area (Å²) in [7, 11) is 0. The van der Waals surface area contributed by atoms with Gasteiger partial charge in [-0.15, -0.1) is 0 Å². The van der Waals surface area contributed by atoms with E-state index in [2.05, 4.69) is 15.5 Å². The van der Waals surface area contributed by atoms with Crippen molar-refractivity contribution in [3.05, 3.63) is 64.7 Å². The van der Waals surface area contributed by atoms with Crippen LogP contribution in [0.5, 0.6) is 5.75 Å². The van der Waals surface area contributed by atoms with Crippen LogP contribution in [-0.2, 0) is 11.3 Å². The van der Waals surface area contributed by atoms with Crippen molar-refractivity contribution in [2.45, 2.75) is 13.5 Å². The van der Waals surface area contributed by atoms with Gasteiger partial charge >= 0.3 is 0 Å². The molecule has 2 aromatic carbocycles. The quantitative estimate of drug-likeness (QED) is 0.483. The van der Waals surface area contributed by atoms with Crippen LogP contribution in [0.2, 0.25) is 0 Å². The minimum Gasteiger partial charge on any atom is -0.492 e. The highest BCUT2D eigenvalue weighted by molar-refractivity contribution is 7.71. The maximum absolute atomic E-state index is 13.1. The number of aryl methyl sites for hydroxylation is 1. The van der Waals surface area contributed by atoms with E-state index in [-0.39, 0.29) is 24.9 Å². The number of ether oxygens (including phenoxy) is 1. The smallest absolute Gasteiger partial charge is 0.240 e. The zero-order valence-corrected chi connectivity index (χ0v) is 15.6. The average Bonchev–Trinajstić information content (AvgIpc) is 2.99. The fourth-order valence-electron chi connectivity index (χ4n) is 2.58. The lowest BCUT2D eigenvalue weighted by Crippen LogP contribution is -2.31. The minimum atomic E-state index is -0.366. The lowest BCUT2D eigenvalue weighted by atomic mass is 10.1. The first-order chi connectivity index (χ1) is 13.0. The zero-order valence-electron chi connectivity index (χ0n) is 14.7. The van der Waals surface area contributed by atoms with Gasteiger partial charge in [-0.25, -0.2) is 4.39 Å². The van der Waals surface area contributed by atoms with E-state index in [9.17, 15) is 9.18 Å². The first-order valence-electron chi connectivity index (χ1n) is 8.40. The van der Waals surface area contributed by atoms with Gasteiger partial charge < -0.3 is 10.1 Å². The second kappa shape index (κ2) is 8.59. The van der Waals surface area contributed by atoms with Crippen molar-refractivity contribution < 1.29 is 13.9 Å². The van der Waals surface area contributed by atoms with Gasteiger partial charge in [0.15, 0.2) is 10.6 Å². The number of amides is 1. The van der Waals surface area contributed by atoms with E-state index in [0.717, 1.165) is 11.1 Å². The Hall–Kier alpha value is -3.00. The van der Waals surface area contributed by atoms with E-state index in [4.69, 9.17) is 17.0 Å². The van der Waals surface area contributed by atoms with E-state index in [1.54, 1.807) is 16.7 Å². The number of hydrogen-bond acceptors (Lipinski definition) is 4. The monoisotopic (exact) mass is 386 g/mol. The molecule has 1 heterocycles. The average molecular weight is 386 g/mol. The van der Waals surface area contributed by atoms with Crippen molar-refractivity contribution >= 4 is 18.1 Å². The highest BCUT2D eigenvalue weighted by atomic mass is 32.1. The molecule has 1 amide bonds. The van der Waals surface area contributed by atoms with Gasteiger partial charge in [-0.1, -0.05) is 29.8 Å². The molecule has 2 N–H and O–H groups in total. The van der Waals surface area contributed by atoms with Gasteiger partial charge in [-0.3, -0.25) is 14.5 Å². The molecule has 0 aliphatic heterocycles. The van der Waals surface area contributed by atoms with E-state index in [1.165, 1.54) is 12.1 Å². The summed E-state index contributed by atoms with van der Waals surface area (Å²) in [5.74, 6) is 0.441. The summed E-state index contributed by atoms with van der Waals surface area (Å²) < 4.78 is 20.5. The van der Waals surface area contributed by atoms with Gasteiger partial charge in [-0.05, 0) is 37.3 Å². The van der Waals surface area contributed by atoms with Crippen LogP contribution in [0.3, 0.4) is 0 Å². The number of carbonyl (C=O) groups excluding carboxylic acids is 1. The van der Waals surface area contributed by atoms with E-state index in [1.807, 2.05) is 31.2 Å². The Balaban J connectivity index is 1.57. The first-order valence-corrected chi connectivity index (χ1v) is 8.81. The lowest BCUT2D eigenvalue weighted by Gasteiger charge is -2.10. The van der Waals surface area contributed by atoms with Crippen molar-refractivity contribution in [3.8, 4) is 17.1 Å². The molecule has 0 saturated carbocycles. The molecule has 0 bridgehead atoms. The van der Waals surface area contributed by atoms with E-state index >= 15 is 0 Å². The number of hydrogen-bond donors (Lipinski definition) is 2. The number of nitrogens with zero attached hydrogens (tertiary/aromatic N) is 2. The molecule has 6 nitrogen and oxygen atoms in total. The van der Waals surface area contributed by atoms with Crippen molar-refractivity contribution in [3.63, 3.8) is 0 Å². The number of benzene rings is 2. The van der Waals surface area contributed by atoms with Crippen molar-refractivity contribution in [1.29, 1.82) is 0 Å². The number of aromatic nitrogens is 3. The maximum atomic E-state index is 13.1. The largest absolute Gasteiger partial charge is 0.492 e. The summed E-state index contributed by atoms with van der Waals surface area (Å²) in [6, 6.07) is 13.7. The molecule has 0 saturated heterocycles. The van der Waals surface area contributed by atoms with Crippen molar-refractivity contribution in [1.82, 2.24) is 20.1 Å². The Labute approximate surface area is 161 Å². The second-order valence-electron chi connectivity index (χ2n) is 5.96. The lowest BCUT2D eigenvalue weighted by molar-refractivity contribution is -0.121. The third kappa shape index (κ3) is 5.01. The summed E-state index contributed by atoms with van der Waals surface area (Å²) in [5, 5.41) is 9.72. The van der Waals surface area contributed by atoms with Crippen LogP contribution in [0.4, 0.5) is 4.39 Å². The molecular formula is C19H19FN4O2S. The van der Waals surface area contributed by atoms with Crippen LogP contribution in [0.15, 0.2) is 48.5 Å². The molecule has 0 fully saturated rings. The molecule has 0 unspecified atom stereocenters. The molecule has 3 aromatic rings. The van der Waals surface area contributed by atoms with Gasteiger partial charge in [0.05, 0.1) is 6.54 Å².